The molecular weight excluding hydrogens is 440 g/mol. The number of hydrogen-bond acceptors (Lipinski definition) is 8. The Morgan fingerprint density at radius 3 is 2.45 bits per heavy atom. The fourth-order valence-corrected chi connectivity index (χ4v) is 4.81. The Balaban J connectivity index is 1.86. The van der Waals surface area contributed by atoms with Gasteiger partial charge in [-0.1, -0.05) is 30.0 Å². The highest BCUT2D eigenvalue weighted by atomic mass is 32.3. The van der Waals surface area contributed by atoms with Crippen molar-refractivity contribution < 1.29 is 22.7 Å². The molecule has 3 rings (SSSR count). The van der Waals surface area contributed by atoms with Gasteiger partial charge in [0.2, 0.25) is 10.0 Å². The maximum atomic E-state index is 12.9. The number of pyridine rings is 1. The Labute approximate surface area is 183 Å². The Morgan fingerprint density at radius 2 is 1.90 bits per heavy atom. The predicted molar refractivity (Wildman–Crippen MR) is 118 cm³/mol. The van der Waals surface area contributed by atoms with Crippen LogP contribution in [0.25, 0.3) is 11.3 Å². The number of nitrogens with two attached hydrogens (primary N) is 1. The largest absolute Gasteiger partial charge is 0.462 e. The molecule has 2 aromatic rings. The number of nitrogens with one attached hydrogen (secondary N) is 2. The molecule has 31 heavy (non-hydrogen) atoms. The van der Waals surface area contributed by atoms with Gasteiger partial charge in [0.25, 0.3) is 5.91 Å². The van der Waals surface area contributed by atoms with Crippen LogP contribution in [0.15, 0.2) is 69.2 Å². The summed E-state index contributed by atoms with van der Waals surface area (Å²) in [5.41, 5.74) is 1.94. The summed E-state index contributed by atoms with van der Waals surface area (Å²) in [6.07, 6.45) is 1.68. The second-order valence-corrected chi connectivity index (χ2v) is 9.13. The molecule has 0 unspecified atom stereocenters. The standard InChI is InChI=1S/C20H20N4O5S2/c1-3-29-19(26)16(18-23-12(2)20(30-18)31(21,27)28)17(25)24-14-9-7-13(8-10-14)15-6-4-5-11-22-15/h4-11,23H,3H2,1-2H3,(H,24,25)(H2,21,27,28)/b18-16-. The number of primary sulfonamides is 1. The van der Waals surface area contributed by atoms with Crippen LogP contribution in [0.5, 0.6) is 0 Å². The third-order valence-corrected chi connectivity index (χ3v) is 6.87. The Hall–Kier alpha value is -3.15. The zero-order valence-corrected chi connectivity index (χ0v) is 18.3. The van der Waals surface area contributed by atoms with Crippen molar-refractivity contribution in [2.75, 3.05) is 11.9 Å². The molecule has 11 heteroatoms. The molecular formula is C20H20N4O5S2. The van der Waals surface area contributed by atoms with Gasteiger partial charge in [0.05, 0.1) is 17.3 Å². The molecule has 1 aromatic carbocycles. The van der Waals surface area contributed by atoms with E-state index in [1.165, 1.54) is 6.92 Å². The topological polar surface area (TPSA) is 140 Å². The first-order valence-electron chi connectivity index (χ1n) is 9.13. The quantitative estimate of drug-likeness (QED) is 0.258. The Bertz CT molecular complexity index is 1170. The van der Waals surface area contributed by atoms with Gasteiger partial charge in [-0.2, -0.15) is 0 Å². The number of ether oxygens (including phenoxy) is 1. The third kappa shape index (κ3) is 5.32. The molecule has 9 nitrogen and oxygen atoms in total. The van der Waals surface area contributed by atoms with Gasteiger partial charge in [0.1, 0.15) is 4.24 Å². The van der Waals surface area contributed by atoms with Crippen LogP contribution in [0, 0.1) is 0 Å². The van der Waals surface area contributed by atoms with Crippen molar-refractivity contribution in [1.29, 1.82) is 0 Å². The molecule has 1 amide bonds. The number of nitrogens with zero attached hydrogens (tertiary/aromatic N) is 1. The first-order chi connectivity index (χ1) is 14.7. The van der Waals surface area contributed by atoms with Gasteiger partial charge in [-0.25, -0.2) is 18.4 Å². The van der Waals surface area contributed by atoms with E-state index in [9.17, 15) is 18.0 Å². The van der Waals surface area contributed by atoms with E-state index >= 15 is 0 Å². The number of hydrogen-bond donors (Lipinski definition) is 3. The van der Waals surface area contributed by atoms with Gasteiger partial charge in [-0.3, -0.25) is 9.78 Å². The predicted octanol–water partition coefficient (Wildman–Crippen LogP) is 2.28. The molecule has 0 saturated heterocycles. The summed E-state index contributed by atoms with van der Waals surface area (Å²) in [4.78, 5) is 29.6. The zero-order valence-electron chi connectivity index (χ0n) is 16.7. The van der Waals surface area contributed by atoms with E-state index in [0.717, 1.165) is 11.3 Å². The van der Waals surface area contributed by atoms with E-state index in [1.807, 2.05) is 18.2 Å². The molecule has 1 aliphatic heterocycles. The van der Waals surface area contributed by atoms with Crippen molar-refractivity contribution in [3.05, 3.63) is 69.2 Å². The van der Waals surface area contributed by atoms with Crippen molar-refractivity contribution in [3.63, 3.8) is 0 Å². The van der Waals surface area contributed by atoms with Gasteiger partial charge in [0, 0.05) is 23.1 Å². The van der Waals surface area contributed by atoms with E-state index in [-0.39, 0.29) is 27.1 Å². The summed E-state index contributed by atoms with van der Waals surface area (Å²) in [6, 6.07) is 12.4. The second-order valence-electron chi connectivity index (χ2n) is 6.36. The summed E-state index contributed by atoms with van der Waals surface area (Å²) >= 11 is 0.692. The van der Waals surface area contributed by atoms with Crippen LogP contribution in [-0.4, -0.2) is 31.9 Å². The fourth-order valence-electron chi connectivity index (χ4n) is 2.74. The van der Waals surface area contributed by atoms with Crippen LogP contribution in [0.4, 0.5) is 5.69 Å². The van der Waals surface area contributed by atoms with Crippen molar-refractivity contribution in [3.8, 4) is 11.3 Å². The lowest BCUT2D eigenvalue weighted by atomic mass is 10.1. The minimum atomic E-state index is -4.02. The zero-order chi connectivity index (χ0) is 22.6. The first-order valence-corrected chi connectivity index (χ1v) is 11.5. The molecule has 0 radical (unpaired) electrons. The molecule has 1 aromatic heterocycles. The highest BCUT2D eigenvalue weighted by Gasteiger charge is 2.33. The van der Waals surface area contributed by atoms with Crippen molar-refractivity contribution in [1.82, 2.24) is 10.3 Å². The summed E-state index contributed by atoms with van der Waals surface area (Å²) in [6.45, 7) is 3.13. The molecule has 1 aliphatic rings. The Kier molecular flexibility index (Phi) is 6.78. The highest BCUT2D eigenvalue weighted by molar-refractivity contribution is 8.20. The van der Waals surface area contributed by atoms with E-state index < -0.39 is 21.9 Å². The van der Waals surface area contributed by atoms with E-state index in [1.54, 1.807) is 37.4 Å². The minimum Gasteiger partial charge on any atom is -0.462 e. The lowest BCUT2D eigenvalue weighted by molar-refractivity contribution is -0.139. The van der Waals surface area contributed by atoms with Crippen LogP contribution in [0.3, 0.4) is 0 Å². The molecule has 0 saturated carbocycles. The van der Waals surface area contributed by atoms with E-state index in [0.29, 0.717) is 17.4 Å². The number of sulfonamides is 1. The number of allylic oxidation sites excluding steroid dienone is 1. The summed E-state index contributed by atoms with van der Waals surface area (Å²) in [7, 11) is -4.02. The number of benzene rings is 1. The van der Waals surface area contributed by atoms with Crippen molar-refractivity contribution in [2.45, 2.75) is 13.8 Å². The molecule has 2 heterocycles. The van der Waals surface area contributed by atoms with Gasteiger partial charge >= 0.3 is 5.97 Å². The van der Waals surface area contributed by atoms with Crippen molar-refractivity contribution in [2.24, 2.45) is 5.14 Å². The number of aromatic nitrogens is 1. The molecule has 162 valence electrons. The van der Waals surface area contributed by atoms with Crippen LogP contribution in [0.2, 0.25) is 0 Å². The average molecular weight is 461 g/mol. The number of rotatable bonds is 6. The number of thioether (sulfide) groups is 1. The second kappa shape index (κ2) is 9.33. The van der Waals surface area contributed by atoms with Gasteiger partial charge in [-0.15, -0.1) is 0 Å². The summed E-state index contributed by atoms with van der Waals surface area (Å²) in [5.74, 6) is -1.63. The minimum absolute atomic E-state index is 0.0302. The molecule has 0 fully saturated rings. The summed E-state index contributed by atoms with van der Waals surface area (Å²) < 4.78 is 28.3. The number of carbonyl (C=O) groups excluding carboxylic acids is 2. The molecule has 0 atom stereocenters. The number of amides is 1. The lowest BCUT2D eigenvalue weighted by Gasteiger charge is -2.12. The molecule has 0 spiro atoms. The molecule has 4 N–H and O–H groups in total. The van der Waals surface area contributed by atoms with Gasteiger partial charge in [-0.05, 0) is 38.1 Å². The molecule has 0 bridgehead atoms. The van der Waals surface area contributed by atoms with Gasteiger partial charge < -0.3 is 15.4 Å². The number of anilines is 1. The number of esters is 1. The normalized spacial score (nSPS) is 15.3. The SMILES string of the molecule is CCOC(=O)/C(C(=O)Nc1ccc(-c2ccccn2)cc1)=C1/NC(C)=C(S(N)(=O)=O)S1. The van der Waals surface area contributed by atoms with E-state index in [4.69, 9.17) is 9.88 Å². The monoisotopic (exact) mass is 460 g/mol. The van der Waals surface area contributed by atoms with Gasteiger partial charge in [0.15, 0.2) is 5.57 Å². The molecule has 0 aliphatic carbocycles. The van der Waals surface area contributed by atoms with Crippen molar-refractivity contribution >= 4 is 39.3 Å². The highest BCUT2D eigenvalue weighted by Crippen LogP contribution is 2.37. The Morgan fingerprint density at radius 1 is 1.19 bits per heavy atom. The average Bonchev–Trinajstić information content (AvgIpc) is 3.11. The fraction of sp³-hybridized carbons (Fsp3) is 0.150. The lowest BCUT2D eigenvalue weighted by Crippen LogP contribution is -2.26. The number of carbonyl (C=O) groups is 2. The van der Waals surface area contributed by atoms with Crippen LogP contribution in [0.1, 0.15) is 13.8 Å². The van der Waals surface area contributed by atoms with Crippen LogP contribution < -0.4 is 15.8 Å². The van der Waals surface area contributed by atoms with Crippen LogP contribution in [-0.2, 0) is 24.3 Å². The van der Waals surface area contributed by atoms with Crippen LogP contribution >= 0.6 is 11.8 Å². The maximum Gasteiger partial charge on any atom is 0.346 e. The van der Waals surface area contributed by atoms with E-state index in [2.05, 4.69) is 15.6 Å². The first kappa shape index (κ1) is 22.5. The smallest absolute Gasteiger partial charge is 0.346 e. The third-order valence-electron chi connectivity index (χ3n) is 4.10. The maximum absolute atomic E-state index is 12.9. The summed E-state index contributed by atoms with van der Waals surface area (Å²) in [5, 5.41) is 10.6.